The van der Waals surface area contributed by atoms with Crippen LogP contribution in [-0.4, -0.2) is 23.4 Å². The van der Waals surface area contributed by atoms with Crippen molar-refractivity contribution in [1.29, 1.82) is 0 Å². The molecule has 18 heavy (non-hydrogen) atoms. The Bertz CT molecular complexity index is 470. The Hall–Kier alpha value is -1.64. The molecule has 96 valence electrons. The maximum Gasteiger partial charge on any atom is 0.227 e. The quantitative estimate of drug-likeness (QED) is 0.804. The first-order valence-corrected chi connectivity index (χ1v) is 6.32. The molecular weight excluding hydrogens is 229 g/mol. The summed E-state index contributed by atoms with van der Waals surface area (Å²) < 4.78 is 13.3. The van der Waals surface area contributed by atoms with Crippen LogP contribution in [0.4, 0.5) is 4.39 Å². The number of amides is 1. The van der Waals surface area contributed by atoms with Crippen molar-refractivity contribution in [2.75, 3.05) is 6.54 Å². The summed E-state index contributed by atoms with van der Waals surface area (Å²) in [7, 11) is 0. The molecule has 0 saturated carbocycles. The minimum absolute atomic E-state index is 0.127. The molecule has 2 rings (SSSR count). The van der Waals surface area contributed by atoms with Gasteiger partial charge < -0.3 is 4.90 Å². The van der Waals surface area contributed by atoms with Crippen LogP contribution in [0.1, 0.15) is 30.9 Å². The van der Waals surface area contributed by atoms with Crippen LogP contribution >= 0.6 is 0 Å². The number of hydrogen-bond acceptors (Lipinski definition) is 1. The van der Waals surface area contributed by atoms with Gasteiger partial charge in [-0.05, 0) is 37.5 Å². The average Bonchev–Trinajstić information content (AvgIpc) is 2.78. The van der Waals surface area contributed by atoms with Crippen LogP contribution in [0.2, 0.25) is 0 Å². The SMILES string of the molecule is C=Cc1cc(CC(=O)N2CCCC2C)ccc1F. The molecule has 1 saturated heterocycles. The fraction of sp³-hybridized carbons (Fsp3) is 0.400. The van der Waals surface area contributed by atoms with Gasteiger partial charge in [0.15, 0.2) is 0 Å². The molecule has 3 heteroatoms. The third-order valence-corrected chi connectivity index (χ3v) is 3.51. The maximum atomic E-state index is 13.3. The van der Waals surface area contributed by atoms with E-state index in [2.05, 4.69) is 13.5 Å². The molecule has 0 aromatic heterocycles. The summed E-state index contributed by atoms with van der Waals surface area (Å²) in [5.74, 6) is -0.169. The highest BCUT2D eigenvalue weighted by Crippen LogP contribution is 2.19. The van der Waals surface area contributed by atoms with E-state index in [4.69, 9.17) is 0 Å². The van der Waals surface area contributed by atoms with Gasteiger partial charge in [0.2, 0.25) is 5.91 Å². The number of benzene rings is 1. The van der Waals surface area contributed by atoms with E-state index >= 15 is 0 Å². The van der Waals surface area contributed by atoms with Gasteiger partial charge in [0.1, 0.15) is 5.82 Å². The lowest BCUT2D eigenvalue weighted by molar-refractivity contribution is -0.130. The standard InChI is InChI=1S/C15H18FNO/c1-3-13-9-12(6-7-14(13)16)10-15(18)17-8-4-5-11(17)2/h3,6-7,9,11H,1,4-5,8,10H2,2H3. The third-order valence-electron chi connectivity index (χ3n) is 3.51. The predicted molar refractivity (Wildman–Crippen MR) is 70.6 cm³/mol. The molecule has 1 aliphatic rings. The van der Waals surface area contributed by atoms with Crippen LogP contribution in [0.25, 0.3) is 6.08 Å². The van der Waals surface area contributed by atoms with Crippen LogP contribution in [0.3, 0.4) is 0 Å². The number of nitrogens with zero attached hydrogens (tertiary/aromatic N) is 1. The van der Waals surface area contributed by atoms with E-state index in [1.165, 1.54) is 12.1 Å². The van der Waals surface area contributed by atoms with Gasteiger partial charge in [0, 0.05) is 18.2 Å². The van der Waals surface area contributed by atoms with E-state index < -0.39 is 0 Å². The highest BCUT2D eigenvalue weighted by Gasteiger charge is 2.24. The lowest BCUT2D eigenvalue weighted by atomic mass is 10.1. The Kier molecular flexibility index (Phi) is 3.80. The summed E-state index contributed by atoms with van der Waals surface area (Å²) >= 11 is 0. The molecule has 1 heterocycles. The highest BCUT2D eigenvalue weighted by atomic mass is 19.1. The van der Waals surface area contributed by atoms with Gasteiger partial charge in [-0.25, -0.2) is 4.39 Å². The largest absolute Gasteiger partial charge is 0.340 e. The van der Waals surface area contributed by atoms with Crippen molar-refractivity contribution in [1.82, 2.24) is 4.90 Å². The van der Waals surface area contributed by atoms with Gasteiger partial charge in [-0.15, -0.1) is 0 Å². The molecule has 1 unspecified atom stereocenters. The van der Waals surface area contributed by atoms with E-state index in [9.17, 15) is 9.18 Å². The van der Waals surface area contributed by atoms with Crippen molar-refractivity contribution < 1.29 is 9.18 Å². The molecule has 0 radical (unpaired) electrons. The molecule has 1 fully saturated rings. The fourth-order valence-corrected chi connectivity index (χ4v) is 2.44. The van der Waals surface area contributed by atoms with Crippen LogP contribution in [0.15, 0.2) is 24.8 Å². The summed E-state index contributed by atoms with van der Waals surface area (Å²) in [6.45, 7) is 6.48. The lowest BCUT2D eigenvalue weighted by Crippen LogP contribution is -2.34. The number of halogens is 1. The molecule has 1 aliphatic heterocycles. The molecule has 0 spiro atoms. The topological polar surface area (TPSA) is 20.3 Å². The highest BCUT2D eigenvalue weighted by molar-refractivity contribution is 5.79. The number of hydrogen-bond donors (Lipinski definition) is 0. The first-order chi connectivity index (χ1) is 8.61. The number of carbonyl (C=O) groups excluding carboxylic acids is 1. The number of carbonyl (C=O) groups is 1. The van der Waals surface area contributed by atoms with Crippen molar-refractivity contribution >= 4 is 12.0 Å². The zero-order valence-electron chi connectivity index (χ0n) is 10.7. The molecular formula is C15H18FNO. The predicted octanol–water partition coefficient (Wildman–Crippen LogP) is 3.02. The molecule has 0 aliphatic carbocycles. The molecule has 2 nitrogen and oxygen atoms in total. The lowest BCUT2D eigenvalue weighted by Gasteiger charge is -2.21. The Morgan fingerprint density at radius 2 is 2.39 bits per heavy atom. The minimum atomic E-state index is -0.296. The zero-order chi connectivity index (χ0) is 13.1. The second kappa shape index (κ2) is 5.34. The minimum Gasteiger partial charge on any atom is -0.340 e. The molecule has 0 bridgehead atoms. The van der Waals surface area contributed by atoms with Crippen LogP contribution in [0.5, 0.6) is 0 Å². The van der Waals surface area contributed by atoms with E-state index in [1.807, 2.05) is 4.90 Å². The van der Waals surface area contributed by atoms with Gasteiger partial charge >= 0.3 is 0 Å². The van der Waals surface area contributed by atoms with Crippen LogP contribution in [0, 0.1) is 5.82 Å². The van der Waals surface area contributed by atoms with Crippen molar-refractivity contribution in [3.8, 4) is 0 Å². The maximum absolute atomic E-state index is 13.3. The summed E-state index contributed by atoms with van der Waals surface area (Å²) in [6.07, 6.45) is 3.97. The monoisotopic (exact) mass is 247 g/mol. The van der Waals surface area contributed by atoms with Gasteiger partial charge in [-0.2, -0.15) is 0 Å². The summed E-state index contributed by atoms with van der Waals surface area (Å²) in [4.78, 5) is 14.0. The average molecular weight is 247 g/mol. The Balaban J connectivity index is 2.09. The Morgan fingerprint density at radius 1 is 1.61 bits per heavy atom. The molecule has 1 aromatic rings. The first kappa shape index (κ1) is 12.8. The molecule has 1 aromatic carbocycles. The van der Waals surface area contributed by atoms with Crippen molar-refractivity contribution in [3.63, 3.8) is 0 Å². The van der Waals surface area contributed by atoms with Gasteiger partial charge in [0.05, 0.1) is 6.42 Å². The van der Waals surface area contributed by atoms with E-state index in [0.29, 0.717) is 18.0 Å². The van der Waals surface area contributed by atoms with Gasteiger partial charge in [-0.3, -0.25) is 4.79 Å². The van der Waals surface area contributed by atoms with Crippen molar-refractivity contribution in [2.45, 2.75) is 32.2 Å². The normalized spacial score (nSPS) is 19.0. The molecule has 1 amide bonds. The number of rotatable bonds is 3. The van der Waals surface area contributed by atoms with Gasteiger partial charge in [0.25, 0.3) is 0 Å². The summed E-state index contributed by atoms with van der Waals surface area (Å²) in [6, 6.07) is 5.09. The summed E-state index contributed by atoms with van der Waals surface area (Å²) in [5.41, 5.74) is 1.30. The smallest absolute Gasteiger partial charge is 0.227 e. The Morgan fingerprint density at radius 3 is 3.00 bits per heavy atom. The van der Waals surface area contributed by atoms with E-state index in [1.54, 1.807) is 12.1 Å². The summed E-state index contributed by atoms with van der Waals surface area (Å²) in [5, 5.41) is 0. The third kappa shape index (κ3) is 2.61. The van der Waals surface area contributed by atoms with E-state index in [-0.39, 0.29) is 11.7 Å². The van der Waals surface area contributed by atoms with Crippen molar-refractivity contribution in [2.24, 2.45) is 0 Å². The number of likely N-dealkylation sites (tertiary alicyclic amines) is 1. The van der Waals surface area contributed by atoms with E-state index in [0.717, 1.165) is 24.9 Å². The zero-order valence-corrected chi connectivity index (χ0v) is 10.7. The Labute approximate surface area is 107 Å². The van der Waals surface area contributed by atoms with Crippen molar-refractivity contribution in [3.05, 3.63) is 41.7 Å². The van der Waals surface area contributed by atoms with Crippen LogP contribution in [-0.2, 0) is 11.2 Å². The van der Waals surface area contributed by atoms with Crippen LogP contribution < -0.4 is 0 Å². The van der Waals surface area contributed by atoms with Gasteiger partial charge in [-0.1, -0.05) is 18.7 Å². The molecule has 0 N–H and O–H groups in total. The second-order valence-corrected chi connectivity index (χ2v) is 4.82. The fourth-order valence-electron chi connectivity index (χ4n) is 2.44. The molecule has 1 atom stereocenters. The second-order valence-electron chi connectivity index (χ2n) is 4.82. The first-order valence-electron chi connectivity index (χ1n) is 6.32.